The topological polar surface area (TPSA) is 99.1 Å². The number of aromatic nitrogens is 3. The second-order valence-electron chi connectivity index (χ2n) is 4.63. The first kappa shape index (κ1) is 17.8. The minimum Gasteiger partial charge on any atom is -0.760 e. The van der Waals surface area contributed by atoms with E-state index in [-0.39, 0.29) is 24.7 Å². The number of rotatable bonds is 8. The Morgan fingerprint density at radius 2 is 1.96 bits per heavy atom. The molecular formula is C16H15N4O3S-. The molecule has 2 aromatic rings. The normalized spacial score (nSPS) is 12.4. The Balaban J connectivity index is 2.20. The van der Waals surface area contributed by atoms with Crippen molar-refractivity contribution in [3.63, 3.8) is 0 Å². The largest absolute Gasteiger partial charge is 0.760 e. The lowest BCUT2D eigenvalue weighted by Crippen LogP contribution is -2.25. The van der Waals surface area contributed by atoms with Gasteiger partial charge in [-0.1, -0.05) is 42.5 Å². The third kappa shape index (κ3) is 4.72. The zero-order chi connectivity index (χ0) is 17.4. The molecule has 0 saturated carbocycles. The summed E-state index contributed by atoms with van der Waals surface area (Å²) in [4.78, 5) is 23.9. The second-order valence-corrected chi connectivity index (χ2v) is 5.58. The number of hydrogen-bond acceptors (Lipinski definition) is 6. The molecule has 0 amide bonds. The predicted molar refractivity (Wildman–Crippen MR) is 89.4 cm³/mol. The fraction of sp³-hybridized carbons (Fsp3) is 0.125. The van der Waals surface area contributed by atoms with Gasteiger partial charge in [-0.15, -0.1) is 6.58 Å². The summed E-state index contributed by atoms with van der Waals surface area (Å²) in [6.07, 6.45) is 7.38. The summed E-state index contributed by atoms with van der Waals surface area (Å²) >= 11 is -2.34. The molecule has 0 aliphatic heterocycles. The van der Waals surface area contributed by atoms with E-state index in [4.69, 9.17) is 0 Å². The van der Waals surface area contributed by atoms with Gasteiger partial charge in [0, 0.05) is 29.9 Å². The van der Waals surface area contributed by atoms with Gasteiger partial charge in [-0.05, 0) is 5.56 Å². The van der Waals surface area contributed by atoms with Gasteiger partial charge in [0.2, 0.25) is 11.6 Å². The van der Waals surface area contributed by atoms with Crippen LogP contribution in [0, 0.1) is 0 Å². The Labute approximate surface area is 142 Å². The molecule has 0 bridgehead atoms. The lowest BCUT2D eigenvalue weighted by Gasteiger charge is -2.20. The van der Waals surface area contributed by atoms with Crippen LogP contribution in [-0.2, 0) is 11.3 Å². The lowest BCUT2D eigenvalue weighted by atomic mass is 10.0. The molecule has 24 heavy (non-hydrogen) atoms. The van der Waals surface area contributed by atoms with Gasteiger partial charge < -0.3 is 4.55 Å². The van der Waals surface area contributed by atoms with E-state index in [0.717, 1.165) is 0 Å². The van der Waals surface area contributed by atoms with E-state index in [0.29, 0.717) is 11.1 Å². The van der Waals surface area contributed by atoms with Crippen LogP contribution in [0.3, 0.4) is 0 Å². The summed E-state index contributed by atoms with van der Waals surface area (Å²) in [6.45, 7) is 3.91. The Morgan fingerprint density at radius 3 is 2.62 bits per heavy atom. The van der Waals surface area contributed by atoms with Crippen LogP contribution in [-0.4, -0.2) is 46.9 Å². The highest BCUT2D eigenvalue weighted by atomic mass is 32.2. The number of hydrogen-bond donors (Lipinski definition) is 0. The number of ketones is 1. The van der Waals surface area contributed by atoms with Gasteiger partial charge in [-0.25, -0.2) is 19.3 Å². The predicted octanol–water partition coefficient (Wildman–Crippen LogP) is 1.40. The first-order valence-electron chi connectivity index (χ1n) is 7.01. The van der Waals surface area contributed by atoms with Gasteiger partial charge in [-0.3, -0.25) is 9.00 Å². The van der Waals surface area contributed by atoms with Crippen molar-refractivity contribution in [3.05, 3.63) is 72.6 Å². The summed E-state index contributed by atoms with van der Waals surface area (Å²) in [5.74, 6) is -0.271. The summed E-state index contributed by atoms with van der Waals surface area (Å²) in [5.41, 5.74) is 1.08. The van der Waals surface area contributed by atoms with Crippen molar-refractivity contribution in [3.8, 4) is 0 Å². The number of carbonyl (C=O) groups is 1. The Morgan fingerprint density at radius 1 is 1.25 bits per heavy atom. The van der Waals surface area contributed by atoms with E-state index in [2.05, 4.69) is 21.5 Å². The van der Waals surface area contributed by atoms with E-state index in [9.17, 15) is 13.6 Å². The summed E-state index contributed by atoms with van der Waals surface area (Å²) in [5, 5.41) is 0. The Hall–Kier alpha value is -2.55. The van der Waals surface area contributed by atoms with Crippen molar-refractivity contribution < 1.29 is 13.6 Å². The molecule has 124 valence electrons. The Kier molecular flexibility index (Phi) is 6.62. The molecule has 0 N–H and O–H groups in total. The molecule has 2 rings (SSSR count). The monoisotopic (exact) mass is 343 g/mol. The molecule has 0 spiro atoms. The highest BCUT2D eigenvalue weighted by Gasteiger charge is 2.14. The molecule has 1 heterocycles. The summed E-state index contributed by atoms with van der Waals surface area (Å²) < 4.78 is 23.3. The molecule has 0 aliphatic carbocycles. The minimum atomic E-state index is -2.34. The smallest absolute Gasteiger partial charge is 0.230 e. The van der Waals surface area contributed by atoms with E-state index in [1.807, 2.05) is 0 Å². The van der Waals surface area contributed by atoms with Crippen LogP contribution in [0.25, 0.3) is 6.08 Å². The average Bonchev–Trinajstić information content (AvgIpc) is 2.61. The van der Waals surface area contributed by atoms with Gasteiger partial charge in [0.05, 0.1) is 0 Å². The van der Waals surface area contributed by atoms with E-state index >= 15 is 0 Å². The van der Waals surface area contributed by atoms with Crippen LogP contribution < -0.4 is 0 Å². The van der Waals surface area contributed by atoms with Crippen LogP contribution in [0.4, 0.5) is 0 Å². The van der Waals surface area contributed by atoms with Crippen LogP contribution in [0.5, 0.6) is 0 Å². The highest BCUT2D eigenvalue weighted by molar-refractivity contribution is 7.76. The maximum Gasteiger partial charge on any atom is 0.230 e. The Bertz CT molecular complexity index is 765. The van der Waals surface area contributed by atoms with Crippen molar-refractivity contribution in [2.75, 3.05) is 13.1 Å². The highest BCUT2D eigenvalue weighted by Crippen LogP contribution is 2.14. The number of carbonyl (C=O) groups excluding carboxylic acids is 1. The third-order valence-corrected chi connectivity index (χ3v) is 3.77. The second kappa shape index (κ2) is 8.92. The van der Waals surface area contributed by atoms with Gasteiger partial charge >= 0.3 is 0 Å². The fourth-order valence-electron chi connectivity index (χ4n) is 1.96. The van der Waals surface area contributed by atoms with Crippen molar-refractivity contribution in [2.24, 2.45) is 0 Å². The van der Waals surface area contributed by atoms with Crippen LogP contribution in [0.15, 0.2) is 55.7 Å². The van der Waals surface area contributed by atoms with E-state index in [1.54, 1.807) is 36.4 Å². The molecule has 0 saturated heterocycles. The van der Waals surface area contributed by atoms with Gasteiger partial charge in [0.25, 0.3) is 0 Å². The molecule has 0 fully saturated rings. The minimum absolute atomic E-state index is 0.0554. The third-order valence-electron chi connectivity index (χ3n) is 3.05. The maximum atomic E-state index is 12.5. The molecule has 8 heteroatoms. The lowest BCUT2D eigenvalue weighted by molar-refractivity contribution is 0.102. The maximum absolute atomic E-state index is 12.5. The number of nitrogens with zero attached hydrogens (tertiary/aromatic N) is 4. The quantitative estimate of drug-likeness (QED) is 0.408. The van der Waals surface area contributed by atoms with Crippen molar-refractivity contribution >= 4 is 23.1 Å². The van der Waals surface area contributed by atoms with E-state index in [1.165, 1.54) is 23.0 Å². The van der Waals surface area contributed by atoms with Crippen molar-refractivity contribution in [1.82, 2.24) is 19.3 Å². The number of benzene rings is 1. The van der Waals surface area contributed by atoms with E-state index < -0.39 is 11.3 Å². The molecule has 1 unspecified atom stereocenters. The van der Waals surface area contributed by atoms with Crippen LogP contribution in [0.1, 0.15) is 21.7 Å². The summed E-state index contributed by atoms with van der Waals surface area (Å²) in [6, 6.07) is 6.95. The van der Waals surface area contributed by atoms with Gasteiger partial charge in [-0.2, -0.15) is 0 Å². The fourth-order valence-corrected chi connectivity index (χ4v) is 2.40. The molecule has 1 aromatic heterocycles. The zero-order valence-corrected chi connectivity index (χ0v) is 13.6. The first-order valence-corrected chi connectivity index (χ1v) is 8.04. The molecule has 0 aliphatic rings. The molecular weight excluding hydrogens is 328 g/mol. The average molecular weight is 343 g/mol. The molecule has 7 nitrogen and oxygen atoms in total. The van der Waals surface area contributed by atoms with Crippen LogP contribution in [0.2, 0.25) is 0 Å². The molecule has 0 radical (unpaired) electrons. The first-order chi connectivity index (χ1) is 11.6. The summed E-state index contributed by atoms with van der Waals surface area (Å²) in [7, 11) is 0. The molecule has 1 aromatic carbocycles. The standard InChI is InChI=1S/C16H16N4O3S/c1-2-9-20(24(22)23)10-5-7-13-6-3-4-8-14(13)15(21)16-18-11-17-12-19-16/h2-8,11-12H,1,9-10H2,(H,22,23)/p-1. The van der Waals surface area contributed by atoms with Crippen molar-refractivity contribution in [1.29, 1.82) is 0 Å². The zero-order valence-electron chi connectivity index (χ0n) is 12.7. The molecule has 1 atom stereocenters. The van der Waals surface area contributed by atoms with Gasteiger partial charge in [0.1, 0.15) is 12.7 Å². The van der Waals surface area contributed by atoms with Crippen molar-refractivity contribution in [2.45, 2.75) is 0 Å². The SMILES string of the molecule is C=CCN(CC=Cc1ccccc1C(=O)c1ncncn1)S(=O)[O-]. The van der Waals surface area contributed by atoms with Gasteiger partial charge in [0.15, 0.2) is 0 Å². The van der Waals surface area contributed by atoms with Crippen LogP contribution >= 0.6 is 0 Å².